The summed E-state index contributed by atoms with van der Waals surface area (Å²) < 4.78 is 27.1. The molecule has 4 heteroatoms. The number of allylic oxidation sites excluding steroid dienone is 2. The molecular weight excluding hydrogens is 342 g/mol. The Balaban J connectivity index is 2.96. The molecule has 0 aromatic heterocycles. The van der Waals surface area contributed by atoms with Crippen molar-refractivity contribution in [3.8, 4) is 23.7 Å². The molecule has 0 spiro atoms. The highest BCUT2D eigenvalue weighted by atomic mass is 32.2. The van der Waals surface area contributed by atoms with Crippen molar-refractivity contribution in [1.82, 2.24) is 4.31 Å². The molecule has 0 saturated heterocycles. The van der Waals surface area contributed by atoms with Crippen molar-refractivity contribution in [3.63, 3.8) is 0 Å². The third-order valence-corrected chi connectivity index (χ3v) is 5.35. The molecule has 0 N–H and O–H groups in total. The summed E-state index contributed by atoms with van der Waals surface area (Å²) in [5.74, 6) is 11.4. The Bertz CT molecular complexity index is 841. The van der Waals surface area contributed by atoms with Crippen LogP contribution in [-0.4, -0.2) is 25.8 Å². The van der Waals surface area contributed by atoms with Gasteiger partial charge in [-0.1, -0.05) is 67.2 Å². The number of rotatable bonds is 8. The summed E-state index contributed by atoms with van der Waals surface area (Å²) in [6.45, 7) is 10.0. The van der Waals surface area contributed by atoms with Gasteiger partial charge in [0.05, 0.1) is 11.4 Å². The van der Waals surface area contributed by atoms with Crippen LogP contribution >= 0.6 is 0 Å². The van der Waals surface area contributed by atoms with Crippen LogP contribution in [0.15, 0.2) is 53.5 Å². The molecule has 0 aliphatic carbocycles. The van der Waals surface area contributed by atoms with E-state index in [9.17, 15) is 8.42 Å². The lowest BCUT2D eigenvalue weighted by Gasteiger charge is -2.18. The number of nitrogens with zero attached hydrogens (tertiary/aromatic N) is 1. The standard InChI is InChI=1S/C22H27NO2S/c1-5-6-7-8-9-10-11-18-23(19-12-13-20(2)3)26(24,25)22-16-14-21(4)15-17-22/h12-17H,2,5-7,18-19H2,1,3-4H3/b13-12+. The van der Waals surface area contributed by atoms with Gasteiger partial charge < -0.3 is 0 Å². The molecule has 1 aromatic rings. The second kappa shape index (κ2) is 11.4. The third kappa shape index (κ3) is 7.74. The largest absolute Gasteiger partial charge is 0.244 e. The highest BCUT2D eigenvalue weighted by Crippen LogP contribution is 2.16. The minimum atomic E-state index is -3.62. The lowest BCUT2D eigenvalue weighted by molar-refractivity contribution is 0.478. The van der Waals surface area contributed by atoms with E-state index in [0.717, 1.165) is 30.4 Å². The average Bonchev–Trinajstić information content (AvgIpc) is 2.59. The van der Waals surface area contributed by atoms with Crippen LogP contribution in [0, 0.1) is 30.6 Å². The third-order valence-electron chi connectivity index (χ3n) is 3.52. The molecule has 0 heterocycles. The predicted octanol–water partition coefficient (Wildman–Crippen LogP) is 4.32. The Morgan fingerprint density at radius 1 is 1.19 bits per heavy atom. The number of sulfonamides is 1. The molecule has 0 saturated carbocycles. The van der Waals surface area contributed by atoms with Crippen LogP contribution in [0.25, 0.3) is 0 Å². The van der Waals surface area contributed by atoms with E-state index in [4.69, 9.17) is 0 Å². The van der Waals surface area contributed by atoms with Crippen LogP contribution in [0.5, 0.6) is 0 Å². The fraction of sp³-hybridized carbons (Fsp3) is 0.364. The van der Waals surface area contributed by atoms with E-state index in [-0.39, 0.29) is 18.0 Å². The zero-order valence-electron chi connectivity index (χ0n) is 15.9. The summed E-state index contributed by atoms with van der Waals surface area (Å²) in [6.07, 6.45) is 6.55. The van der Waals surface area contributed by atoms with Crippen molar-refractivity contribution in [1.29, 1.82) is 0 Å². The summed E-state index contributed by atoms with van der Waals surface area (Å²) in [4.78, 5) is 0.266. The molecule has 0 atom stereocenters. The molecule has 1 rings (SSSR count). The fourth-order valence-electron chi connectivity index (χ4n) is 2.02. The Labute approximate surface area is 158 Å². The monoisotopic (exact) mass is 369 g/mol. The van der Waals surface area contributed by atoms with Crippen LogP contribution in [-0.2, 0) is 10.0 Å². The normalized spacial score (nSPS) is 10.9. The van der Waals surface area contributed by atoms with Crippen molar-refractivity contribution in [2.45, 2.75) is 44.9 Å². The van der Waals surface area contributed by atoms with Gasteiger partial charge in [0.15, 0.2) is 0 Å². The smallest absolute Gasteiger partial charge is 0.207 e. The first-order chi connectivity index (χ1) is 12.4. The van der Waals surface area contributed by atoms with E-state index < -0.39 is 10.0 Å². The minimum Gasteiger partial charge on any atom is -0.207 e. The maximum atomic E-state index is 12.9. The topological polar surface area (TPSA) is 37.4 Å². The molecule has 3 nitrogen and oxygen atoms in total. The van der Waals surface area contributed by atoms with Crippen LogP contribution in [0.3, 0.4) is 0 Å². The Morgan fingerprint density at radius 3 is 2.46 bits per heavy atom. The van der Waals surface area contributed by atoms with Crippen LogP contribution in [0.1, 0.15) is 38.7 Å². The summed E-state index contributed by atoms with van der Waals surface area (Å²) >= 11 is 0. The van der Waals surface area contributed by atoms with Gasteiger partial charge in [-0.15, -0.1) is 0 Å². The van der Waals surface area contributed by atoms with Gasteiger partial charge >= 0.3 is 0 Å². The number of hydrogen-bond donors (Lipinski definition) is 0. The Morgan fingerprint density at radius 2 is 1.85 bits per heavy atom. The van der Waals surface area contributed by atoms with Crippen molar-refractivity contribution in [3.05, 3.63) is 54.1 Å². The predicted molar refractivity (Wildman–Crippen MR) is 109 cm³/mol. The van der Waals surface area contributed by atoms with E-state index in [1.807, 2.05) is 13.8 Å². The molecule has 0 aliphatic rings. The van der Waals surface area contributed by atoms with Crippen molar-refractivity contribution in [2.75, 3.05) is 13.1 Å². The lowest BCUT2D eigenvalue weighted by Crippen LogP contribution is -2.31. The Kier molecular flexibility index (Phi) is 9.52. The maximum absolute atomic E-state index is 12.9. The molecule has 0 fully saturated rings. The quantitative estimate of drug-likeness (QED) is 0.389. The molecule has 0 amide bonds. The molecule has 0 aliphatic heterocycles. The van der Waals surface area contributed by atoms with Crippen LogP contribution in [0.2, 0.25) is 0 Å². The number of benzene rings is 1. The average molecular weight is 370 g/mol. The molecule has 0 bridgehead atoms. The molecule has 138 valence electrons. The van der Waals surface area contributed by atoms with Gasteiger partial charge in [0.2, 0.25) is 10.0 Å². The highest BCUT2D eigenvalue weighted by molar-refractivity contribution is 7.89. The molecule has 0 unspecified atom stereocenters. The van der Waals surface area contributed by atoms with Gasteiger partial charge in [0.1, 0.15) is 0 Å². The minimum absolute atomic E-state index is 0.0964. The van der Waals surface area contributed by atoms with Gasteiger partial charge in [-0.3, -0.25) is 0 Å². The highest BCUT2D eigenvalue weighted by Gasteiger charge is 2.22. The van der Waals surface area contributed by atoms with Gasteiger partial charge in [-0.05, 0) is 44.2 Å². The van der Waals surface area contributed by atoms with E-state index in [2.05, 4.69) is 37.2 Å². The number of unbranched alkanes of at least 4 members (excludes halogenated alkanes) is 2. The lowest BCUT2D eigenvalue weighted by atomic mass is 10.2. The van der Waals surface area contributed by atoms with Crippen molar-refractivity contribution in [2.24, 2.45) is 0 Å². The van der Waals surface area contributed by atoms with E-state index in [0.29, 0.717) is 0 Å². The van der Waals surface area contributed by atoms with Gasteiger partial charge in [-0.25, -0.2) is 8.42 Å². The number of hydrogen-bond acceptors (Lipinski definition) is 2. The van der Waals surface area contributed by atoms with Crippen molar-refractivity contribution < 1.29 is 8.42 Å². The maximum Gasteiger partial charge on any atom is 0.244 e. The molecule has 0 radical (unpaired) electrons. The summed E-state index contributed by atoms with van der Waals surface area (Å²) in [7, 11) is -3.62. The van der Waals surface area contributed by atoms with Gasteiger partial charge in [-0.2, -0.15) is 4.31 Å². The van der Waals surface area contributed by atoms with E-state index in [1.54, 1.807) is 36.4 Å². The zero-order chi connectivity index (χ0) is 19.4. The summed E-state index contributed by atoms with van der Waals surface area (Å²) in [5, 5.41) is 0. The zero-order valence-corrected chi connectivity index (χ0v) is 16.7. The van der Waals surface area contributed by atoms with Crippen LogP contribution in [0.4, 0.5) is 0 Å². The summed E-state index contributed by atoms with van der Waals surface area (Å²) in [5.41, 5.74) is 1.88. The fourth-order valence-corrected chi connectivity index (χ4v) is 3.32. The Hall–Kier alpha value is -2.27. The van der Waals surface area contributed by atoms with Gasteiger partial charge in [0, 0.05) is 13.0 Å². The first kappa shape index (κ1) is 21.8. The van der Waals surface area contributed by atoms with E-state index >= 15 is 0 Å². The second-order valence-electron chi connectivity index (χ2n) is 6.07. The SMILES string of the molecule is C=C(C)/C=C/CN(CC#CC#CCCCC)S(=O)(=O)c1ccc(C)cc1. The van der Waals surface area contributed by atoms with Crippen LogP contribution < -0.4 is 0 Å². The van der Waals surface area contributed by atoms with E-state index in [1.165, 1.54) is 4.31 Å². The number of aryl methyl sites for hydroxylation is 1. The second-order valence-corrected chi connectivity index (χ2v) is 8.00. The molecular formula is C22H27NO2S. The first-order valence-corrected chi connectivity index (χ1v) is 10.2. The molecule has 26 heavy (non-hydrogen) atoms. The van der Waals surface area contributed by atoms with Crippen molar-refractivity contribution >= 4 is 10.0 Å². The first-order valence-electron chi connectivity index (χ1n) is 8.72. The summed E-state index contributed by atoms with van der Waals surface area (Å²) in [6, 6.07) is 6.83. The van der Waals surface area contributed by atoms with Gasteiger partial charge in [0.25, 0.3) is 0 Å². The molecule has 1 aromatic carbocycles.